The summed E-state index contributed by atoms with van der Waals surface area (Å²) in [5.41, 5.74) is 0.727. The summed E-state index contributed by atoms with van der Waals surface area (Å²) in [5, 5.41) is 7.21. The average Bonchev–Trinajstić information content (AvgIpc) is 3.23. The van der Waals surface area contributed by atoms with Crippen molar-refractivity contribution in [3.8, 4) is 17.1 Å². The van der Waals surface area contributed by atoms with E-state index < -0.39 is 0 Å². The van der Waals surface area contributed by atoms with E-state index in [2.05, 4.69) is 15.2 Å². The number of para-hydroxylation sites is 1. The molecule has 1 N–H and O–H groups in total. The smallest absolute Gasteiger partial charge is 0.261 e. The summed E-state index contributed by atoms with van der Waals surface area (Å²) in [6, 6.07) is 15.2. The van der Waals surface area contributed by atoms with Crippen LogP contribution < -0.4 is 4.74 Å². The summed E-state index contributed by atoms with van der Waals surface area (Å²) in [7, 11) is 0. The normalized spacial score (nSPS) is 16.8. The summed E-state index contributed by atoms with van der Waals surface area (Å²) in [5.74, 6) is 1.43. The van der Waals surface area contributed by atoms with E-state index in [1.54, 1.807) is 17.0 Å². The van der Waals surface area contributed by atoms with Crippen LogP contribution >= 0.6 is 0 Å². The van der Waals surface area contributed by atoms with E-state index in [0.717, 1.165) is 24.8 Å². The van der Waals surface area contributed by atoms with Crippen molar-refractivity contribution in [3.63, 3.8) is 0 Å². The fourth-order valence-electron chi connectivity index (χ4n) is 3.41. The zero-order valence-corrected chi connectivity index (χ0v) is 15.3. The minimum atomic E-state index is -0.304. The molecule has 2 heterocycles. The molecule has 1 aliphatic rings. The summed E-state index contributed by atoms with van der Waals surface area (Å²) in [6.07, 6.45) is 2.78. The number of likely N-dealkylation sites (tertiary alicyclic amines) is 1. The summed E-state index contributed by atoms with van der Waals surface area (Å²) >= 11 is 0. The highest BCUT2D eigenvalue weighted by Crippen LogP contribution is 2.30. The number of nitrogens with one attached hydrogen (secondary N) is 1. The molecule has 7 heteroatoms. The number of ether oxygens (including phenoxy) is 1. The van der Waals surface area contributed by atoms with Crippen molar-refractivity contribution in [2.75, 3.05) is 13.2 Å². The van der Waals surface area contributed by atoms with Crippen molar-refractivity contribution >= 4 is 5.91 Å². The number of amides is 1. The monoisotopic (exact) mass is 380 g/mol. The topological polar surface area (TPSA) is 71.1 Å². The second-order valence-corrected chi connectivity index (χ2v) is 6.75. The number of aromatic amines is 1. The molecule has 144 valence electrons. The van der Waals surface area contributed by atoms with Gasteiger partial charge in [0.25, 0.3) is 5.91 Å². The number of benzene rings is 2. The molecule has 1 amide bonds. The molecule has 2 aromatic carbocycles. The SMILES string of the molecule is O=C(COc1ccccc1)N1CCCC[C@@H]1c1nc(-c2ccc(F)cc2)n[nH]1. The van der Waals surface area contributed by atoms with E-state index >= 15 is 0 Å². The molecule has 1 aromatic heterocycles. The summed E-state index contributed by atoms with van der Waals surface area (Å²) in [4.78, 5) is 19.1. The maximum Gasteiger partial charge on any atom is 0.261 e. The van der Waals surface area contributed by atoms with Crippen molar-refractivity contribution in [3.05, 3.63) is 66.2 Å². The van der Waals surface area contributed by atoms with Gasteiger partial charge in [-0.2, -0.15) is 5.10 Å². The van der Waals surface area contributed by atoms with Crippen molar-refractivity contribution < 1.29 is 13.9 Å². The molecule has 1 saturated heterocycles. The van der Waals surface area contributed by atoms with Gasteiger partial charge in [0.15, 0.2) is 12.4 Å². The molecule has 0 unspecified atom stereocenters. The summed E-state index contributed by atoms with van der Waals surface area (Å²) in [6.45, 7) is 0.647. The van der Waals surface area contributed by atoms with Crippen LogP contribution in [-0.4, -0.2) is 39.1 Å². The van der Waals surface area contributed by atoms with Crippen LogP contribution in [-0.2, 0) is 4.79 Å². The Morgan fingerprint density at radius 2 is 1.93 bits per heavy atom. The predicted octanol–water partition coefficient (Wildman–Crippen LogP) is 3.74. The minimum absolute atomic E-state index is 0.0144. The van der Waals surface area contributed by atoms with Gasteiger partial charge in [-0.3, -0.25) is 9.89 Å². The number of piperidine rings is 1. The summed E-state index contributed by atoms with van der Waals surface area (Å²) < 4.78 is 18.7. The number of rotatable bonds is 5. The molecule has 0 saturated carbocycles. The number of H-pyrrole nitrogens is 1. The van der Waals surface area contributed by atoms with Crippen LogP contribution in [0.1, 0.15) is 31.1 Å². The highest BCUT2D eigenvalue weighted by Gasteiger charge is 2.30. The van der Waals surface area contributed by atoms with Gasteiger partial charge >= 0.3 is 0 Å². The number of nitrogens with zero attached hydrogens (tertiary/aromatic N) is 3. The zero-order chi connectivity index (χ0) is 19.3. The first-order chi connectivity index (χ1) is 13.7. The first-order valence-corrected chi connectivity index (χ1v) is 9.36. The van der Waals surface area contributed by atoms with Gasteiger partial charge in [-0.25, -0.2) is 9.37 Å². The van der Waals surface area contributed by atoms with Crippen LogP contribution in [0.4, 0.5) is 4.39 Å². The van der Waals surface area contributed by atoms with E-state index in [1.807, 2.05) is 30.3 Å². The van der Waals surface area contributed by atoms with Crippen LogP contribution in [0.15, 0.2) is 54.6 Å². The van der Waals surface area contributed by atoms with E-state index in [-0.39, 0.29) is 24.4 Å². The third-order valence-corrected chi connectivity index (χ3v) is 4.85. The molecule has 0 bridgehead atoms. The van der Waals surface area contributed by atoms with Gasteiger partial charge in [0.1, 0.15) is 17.4 Å². The molecule has 3 aromatic rings. The van der Waals surface area contributed by atoms with E-state index in [1.165, 1.54) is 12.1 Å². The molecule has 1 atom stereocenters. The molecule has 1 fully saturated rings. The number of aromatic nitrogens is 3. The maximum atomic E-state index is 13.1. The fourth-order valence-corrected chi connectivity index (χ4v) is 3.41. The molecular formula is C21H21FN4O2. The Morgan fingerprint density at radius 3 is 2.71 bits per heavy atom. The Kier molecular flexibility index (Phi) is 5.32. The van der Waals surface area contributed by atoms with Gasteiger partial charge in [0, 0.05) is 12.1 Å². The molecule has 0 radical (unpaired) electrons. The quantitative estimate of drug-likeness (QED) is 0.732. The lowest BCUT2D eigenvalue weighted by atomic mass is 10.0. The Morgan fingerprint density at radius 1 is 1.14 bits per heavy atom. The van der Waals surface area contributed by atoms with Crippen molar-refractivity contribution in [1.82, 2.24) is 20.1 Å². The number of carbonyl (C=O) groups excluding carboxylic acids is 1. The van der Waals surface area contributed by atoms with Crippen LogP contribution in [0.5, 0.6) is 5.75 Å². The minimum Gasteiger partial charge on any atom is -0.484 e. The lowest BCUT2D eigenvalue weighted by molar-refractivity contribution is -0.137. The van der Waals surface area contributed by atoms with Gasteiger partial charge in [-0.05, 0) is 55.7 Å². The van der Waals surface area contributed by atoms with Gasteiger partial charge in [0.2, 0.25) is 0 Å². The Labute approximate surface area is 162 Å². The average molecular weight is 380 g/mol. The molecule has 1 aliphatic heterocycles. The standard InChI is InChI=1S/C21H21FN4O2/c22-16-11-9-15(10-12-16)20-23-21(25-24-20)18-8-4-5-13-26(18)19(27)14-28-17-6-2-1-3-7-17/h1-3,6-7,9-12,18H,4-5,8,13-14H2,(H,23,24,25)/t18-/m1/s1. The Bertz CT molecular complexity index is 927. The second kappa shape index (κ2) is 8.21. The van der Waals surface area contributed by atoms with Gasteiger partial charge in [0.05, 0.1) is 6.04 Å². The number of carbonyl (C=O) groups is 1. The molecule has 0 aliphatic carbocycles. The van der Waals surface area contributed by atoms with Crippen LogP contribution in [0, 0.1) is 5.82 Å². The number of halogens is 1. The van der Waals surface area contributed by atoms with E-state index in [0.29, 0.717) is 23.9 Å². The zero-order valence-electron chi connectivity index (χ0n) is 15.3. The third kappa shape index (κ3) is 4.03. The molecule has 28 heavy (non-hydrogen) atoms. The Hall–Kier alpha value is -3.22. The van der Waals surface area contributed by atoms with Gasteiger partial charge in [-0.15, -0.1) is 0 Å². The predicted molar refractivity (Wildman–Crippen MR) is 102 cm³/mol. The molecule has 0 spiro atoms. The Balaban J connectivity index is 1.47. The number of hydrogen-bond donors (Lipinski definition) is 1. The van der Waals surface area contributed by atoms with Crippen molar-refractivity contribution in [2.24, 2.45) is 0 Å². The number of hydrogen-bond acceptors (Lipinski definition) is 4. The van der Waals surface area contributed by atoms with Gasteiger partial charge in [-0.1, -0.05) is 18.2 Å². The molecular weight excluding hydrogens is 359 g/mol. The highest BCUT2D eigenvalue weighted by atomic mass is 19.1. The highest BCUT2D eigenvalue weighted by molar-refractivity contribution is 5.78. The lowest BCUT2D eigenvalue weighted by Crippen LogP contribution is -2.41. The van der Waals surface area contributed by atoms with Crippen LogP contribution in [0.25, 0.3) is 11.4 Å². The van der Waals surface area contributed by atoms with E-state index in [9.17, 15) is 9.18 Å². The van der Waals surface area contributed by atoms with Gasteiger partial charge < -0.3 is 9.64 Å². The second-order valence-electron chi connectivity index (χ2n) is 6.75. The first kappa shape index (κ1) is 18.2. The third-order valence-electron chi connectivity index (χ3n) is 4.85. The lowest BCUT2D eigenvalue weighted by Gasteiger charge is -2.34. The first-order valence-electron chi connectivity index (χ1n) is 9.36. The molecule has 6 nitrogen and oxygen atoms in total. The van der Waals surface area contributed by atoms with E-state index in [4.69, 9.17) is 4.74 Å². The fraction of sp³-hybridized carbons (Fsp3) is 0.286. The largest absolute Gasteiger partial charge is 0.484 e. The molecule has 4 rings (SSSR count). The van der Waals surface area contributed by atoms with Crippen molar-refractivity contribution in [2.45, 2.75) is 25.3 Å². The van der Waals surface area contributed by atoms with Crippen LogP contribution in [0.3, 0.4) is 0 Å². The van der Waals surface area contributed by atoms with Crippen molar-refractivity contribution in [1.29, 1.82) is 0 Å². The van der Waals surface area contributed by atoms with Crippen LogP contribution in [0.2, 0.25) is 0 Å². The maximum absolute atomic E-state index is 13.1.